The van der Waals surface area contributed by atoms with Crippen LogP contribution in [0.3, 0.4) is 0 Å². The standard InChI is InChI=1S/C20H21FN4O2S/c1-25(12-19(26)22-15-5-3-14(21)4-6-15)11-17-13-28-20(24-17)23-16-7-9-18(27-2)10-8-16/h3-10,13H,11-12H2,1-2H3,(H,22,26)(H,23,24). The highest BCUT2D eigenvalue weighted by Crippen LogP contribution is 2.23. The number of carbonyl (C=O) groups is 1. The second-order valence-electron chi connectivity index (χ2n) is 6.22. The van der Waals surface area contributed by atoms with E-state index in [0.29, 0.717) is 12.2 Å². The van der Waals surface area contributed by atoms with Crippen molar-refractivity contribution in [3.63, 3.8) is 0 Å². The van der Waals surface area contributed by atoms with Crippen LogP contribution in [0.25, 0.3) is 0 Å². The lowest BCUT2D eigenvalue weighted by Gasteiger charge is -2.15. The Hall–Kier alpha value is -2.97. The summed E-state index contributed by atoms with van der Waals surface area (Å²) >= 11 is 1.50. The van der Waals surface area contributed by atoms with Gasteiger partial charge >= 0.3 is 0 Å². The Kier molecular flexibility index (Phi) is 6.57. The van der Waals surface area contributed by atoms with Crippen LogP contribution >= 0.6 is 11.3 Å². The van der Waals surface area contributed by atoms with E-state index in [1.54, 1.807) is 7.11 Å². The van der Waals surface area contributed by atoms with Crippen LogP contribution in [-0.4, -0.2) is 36.5 Å². The van der Waals surface area contributed by atoms with Crippen LogP contribution in [0.2, 0.25) is 0 Å². The number of carbonyl (C=O) groups excluding carboxylic acids is 1. The fraction of sp³-hybridized carbons (Fsp3) is 0.200. The first-order chi connectivity index (χ1) is 13.5. The normalized spacial score (nSPS) is 10.7. The molecule has 0 bridgehead atoms. The Morgan fingerprint density at radius 1 is 1.14 bits per heavy atom. The second-order valence-corrected chi connectivity index (χ2v) is 7.08. The number of hydrogen-bond donors (Lipinski definition) is 2. The SMILES string of the molecule is COc1ccc(Nc2nc(CN(C)CC(=O)Nc3ccc(F)cc3)cs2)cc1. The lowest BCUT2D eigenvalue weighted by Crippen LogP contribution is -2.29. The van der Waals surface area contributed by atoms with E-state index < -0.39 is 0 Å². The van der Waals surface area contributed by atoms with Gasteiger partial charge in [-0.15, -0.1) is 11.3 Å². The number of aromatic nitrogens is 1. The number of nitrogens with one attached hydrogen (secondary N) is 2. The molecular weight excluding hydrogens is 379 g/mol. The molecule has 2 aromatic carbocycles. The number of likely N-dealkylation sites (N-methyl/N-ethyl adjacent to an activating group) is 1. The number of rotatable bonds is 8. The number of methoxy groups -OCH3 is 1. The molecule has 0 spiro atoms. The highest BCUT2D eigenvalue weighted by Gasteiger charge is 2.10. The predicted octanol–water partition coefficient (Wildman–Crippen LogP) is 4.10. The van der Waals surface area contributed by atoms with Gasteiger partial charge in [0.25, 0.3) is 0 Å². The maximum atomic E-state index is 12.9. The Morgan fingerprint density at radius 2 is 1.82 bits per heavy atom. The van der Waals surface area contributed by atoms with E-state index >= 15 is 0 Å². The minimum absolute atomic E-state index is 0.166. The molecule has 28 heavy (non-hydrogen) atoms. The van der Waals surface area contributed by atoms with Crippen molar-refractivity contribution in [1.82, 2.24) is 9.88 Å². The van der Waals surface area contributed by atoms with Crippen LogP contribution in [0.1, 0.15) is 5.69 Å². The molecular formula is C20H21FN4O2S. The maximum Gasteiger partial charge on any atom is 0.238 e. The molecule has 0 aliphatic heterocycles. The predicted molar refractivity (Wildman–Crippen MR) is 110 cm³/mol. The fourth-order valence-corrected chi connectivity index (χ4v) is 3.27. The molecule has 146 valence electrons. The number of nitrogens with zero attached hydrogens (tertiary/aromatic N) is 2. The maximum absolute atomic E-state index is 12.9. The summed E-state index contributed by atoms with van der Waals surface area (Å²) in [5, 5.41) is 8.74. The van der Waals surface area contributed by atoms with Gasteiger partial charge < -0.3 is 15.4 Å². The molecule has 1 heterocycles. The first-order valence-electron chi connectivity index (χ1n) is 8.61. The van der Waals surface area contributed by atoms with Crippen LogP contribution in [0.15, 0.2) is 53.9 Å². The minimum atomic E-state index is -0.335. The molecule has 8 heteroatoms. The number of benzene rings is 2. The van der Waals surface area contributed by atoms with Crippen LogP contribution in [0.5, 0.6) is 5.75 Å². The van der Waals surface area contributed by atoms with E-state index in [1.807, 2.05) is 41.6 Å². The van der Waals surface area contributed by atoms with Crippen molar-refractivity contribution in [3.05, 3.63) is 65.4 Å². The van der Waals surface area contributed by atoms with Crippen molar-refractivity contribution < 1.29 is 13.9 Å². The summed E-state index contributed by atoms with van der Waals surface area (Å²) in [4.78, 5) is 18.5. The molecule has 1 amide bonds. The zero-order chi connectivity index (χ0) is 19.9. The monoisotopic (exact) mass is 400 g/mol. The van der Waals surface area contributed by atoms with Gasteiger partial charge in [-0.2, -0.15) is 0 Å². The van der Waals surface area contributed by atoms with Crippen LogP contribution in [-0.2, 0) is 11.3 Å². The largest absolute Gasteiger partial charge is 0.497 e. The second kappa shape index (κ2) is 9.29. The van der Waals surface area contributed by atoms with Gasteiger partial charge in [-0.3, -0.25) is 9.69 Å². The lowest BCUT2D eigenvalue weighted by molar-refractivity contribution is -0.117. The smallest absolute Gasteiger partial charge is 0.238 e. The van der Waals surface area contributed by atoms with Gasteiger partial charge in [0.1, 0.15) is 11.6 Å². The third kappa shape index (κ3) is 5.77. The van der Waals surface area contributed by atoms with Gasteiger partial charge in [0, 0.05) is 23.3 Å². The summed E-state index contributed by atoms with van der Waals surface area (Å²) in [5.41, 5.74) is 2.37. The van der Waals surface area contributed by atoms with Gasteiger partial charge in [-0.25, -0.2) is 9.37 Å². The summed E-state index contributed by atoms with van der Waals surface area (Å²) in [5.74, 6) is 0.296. The van der Waals surface area contributed by atoms with Crippen molar-refractivity contribution in [1.29, 1.82) is 0 Å². The molecule has 0 aliphatic rings. The molecule has 0 radical (unpaired) electrons. The van der Waals surface area contributed by atoms with Crippen LogP contribution in [0, 0.1) is 5.82 Å². The lowest BCUT2D eigenvalue weighted by atomic mass is 10.3. The molecule has 0 saturated heterocycles. The quantitative estimate of drug-likeness (QED) is 0.596. The van der Waals surface area contributed by atoms with Gasteiger partial charge in [-0.1, -0.05) is 0 Å². The average molecular weight is 400 g/mol. The zero-order valence-corrected chi connectivity index (χ0v) is 16.4. The zero-order valence-electron chi connectivity index (χ0n) is 15.6. The van der Waals surface area contributed by atoms with Crippen LogP contribution < -0.4 is 15.4 Å². The van der Waals surface area contributed by atoms with Gasteiger partial charge in [-0.05, 0) is 55.6 Å². The van der Waals surface area contributed by atoms with Gasteiger partial charge in [0.2, 0.25) is 5.91 Å². The fourth-order valence-electron chi connectivity index (χ4n) is 2.55. The molecule has 0 fully saturated rings. The molecule has 0 saturated carbocycles. The highest BCUT2D eigenvalue weighted by molar-refractivity contribution is 7.13. The first-order valence-corrected chi connectivity index (χ1v) is 9.49. The van der Waals surface area contributed by atoms with Gasteiger partial charge in [0.15, 0.2) is 5.13 Å². The van der Waals surface area contributed by atoms with E-state index in [2.05, 4.69) is 15.6 Å². The Bertz CT molecular complexity index is 913. The van der Waals surface area contributed by atoms with Crippen molar-refractivity contribution in [3.8, 4) is 5.75 Å². The number of halogens is 1. The number of thiazole rings is 1. The molecule has 3 aromatic rings. The summed E-state index contributed by atoms with van der Waals surface area (Å²) in [6, 6.07) is 13.3. The highest BCUT2D eigenvalue weighted by atomic mass is 32.1. The van der Waals surface area contributed by atoms with Crippen molar-refractivity contribution in [2.24, 2.45) is 0 Å². The van der Waals surface area contributed by atoms with E-state index in [-0.39, 0.29) is 18.3 Å². The molecule has 0 aliphatic carbocycles. The molecule has 3 rings (SSSR count). The van der Waals surface area contributed by atoms with Crippen molar-refractivity contribution >= 4 is 33.8 Å². The molecule has 6 nitrogen and oxygen atoms in total. The summed E-state index contributed by atoms with van der Waals surface area (Å²) < 4.78 is 18.1. The van der Waals surface area contributed by atoms with Crippen molar-refractivity contribution in [2.45, 2.75) is 6.54 Å². The summed E-state index contributed by atoms with van der Waals surface area (Å²) in [7, 11) is 3.48. The van der Waals surface area contributed by atoms with E-state index in [9.17, 15) is 9.18 Å². The Morgan fingerprint density at radius 3 is 2.50 bits per heavy atom. The number of anilines is 3. The Balaban J connectivity index is 1.49. The van der Waals surface area contributed by atoms with Gasteiger partial charge in [0.05, 0.1) is 19.3 Å². The van der Waals surface area contributed by atoms with E-state index in [1.165, 1.54) is 35.6 Å². The topological polar surface area (TPSA) is 66.5 Å². The van der Waals surface area contributed by atoms with E-state index in [4.69, 9.17) is 4.74 Å². The molecule has 2 N–H and O–H groups in total. The number of ether oxygens (including phenoxy) is 1. The van der Waals surface area contributed by atoms with Crippen LogP contribution in [0.4, 0.5) is 20.9 Å². The number of hydrogen-bond acceptors (Lipinski definition) is 6. The summed E-state index contributed by atoms with van der Waals surface area (Å²) in [6.45, 7) is 0.744. The minimum Gasteiger partial charge on any atom is -0.497 e. The molecule has 0 atom stereocenters. The Labute approximate surface area is 167 Å². The number of amides is 1. The molecule has 1 aromatic heterocycles. The third-order valence-electron chi connectivity index (χ3n) is 3.87. The van der Waals surface area contributed by atoms with Crippen molar-refractivity contribution in [2.75, 3.05) is 31.3 Å². The molecule has 0 unspecified atom stereocenters. The average Bonchev–Trinajstić information content (AvgIpc) is 3.10. The summed E-state index contributed by atoms with van der Waals surface area (Å²) in [6.07, 6.45) is 0. The third-order valence-corrected chi connectivity index (χ3v) is 4.67. The first kappa shape index (κ1) is 19.8. The van der Waals surface area contributed by atoms with E-state index in [0.717, 1.165) is 22.3 Å².